The van der Waals surface area contributed by atoms with E-state index in [0.717, 1.165) is 10.2 Å². The fraction of sp³-hybridized carbons (Fsp3) is 0.500. The molecule has 0 aromatic carbocycles. The Morgan fingerprint density at radius 2 is 2.18 bits per heavy atom. The zero-order valence-corrected chi connectivity index (χ0v) is 12.1. The van der Waals surface area contributed by atoms with Crippen LogP contribution in [0.5, 0.6) is 0 Å². The second kappa shape index (κ2) is 5.49. The smallest absolute Gasteiger partial charge is 0.410 e. The van der Waals surface area contributed by atoms with Gasteiger partial charge in [0.1, 0.15) is 10.2 Å². The quantitative estimate of drug-likeness (QED) is 0.788. The summed E-state index contributed by atoms with van der Waals surface area (Å²) in [4.78, 5) is 17.3. The van der Waals surface area contributed by atoms with E-state index in [1.165, 1.54) is 4.90 Å². The molecule has 1 aromatic heterocycles. The van der Waals surface area contributed by atoms with Crippen molar-refractivity contribution in [1.29, 1.82) is 0 Å². The lowest BCUT2D eigenvalue weighted by atomic mass is 10.2. The number of carbonyl (C=O) groups is 1. The first-order valence-corrected chi connectivity index (χ1v) is 6.12. The van der Waals surface area contributed by atoms with Crippen LogP contribution < -0.4 is 0 Å². The highest BCUT2D eigenvalue weighted by Crippen LogP contribution is 2.13. The van der Waals surface area contributed by atoms with Crippen molar-refractivity contribution < 1.29 is 9.53 Å². The minimum absolute atomic E-state index is 0.328. The Kier molecular flexibility index (Phi) is 4.51. The van der Waals surface area contributed by atoms with Gasteiger partial charge in [0.15, 0.2) is 0 Å². The van der Waals surface area contributed by atoms with Gasteiger partial charge in [0.05, 0.1) is 0 Å². The summed E-state index contributed by atoms with van der Waals surface area (Å²) in [5, 5.41) is 0. The summed E-state index contributed by atoms with van der Waals surface area (Å²) in [5.41, 5.74) is 0.532. The maximum atomic E-state index is 11.7. The summed E-state index contributed by atoms with van der Waals surface area (Å²) >= 11 is 3.29. The molecule has 17 heavy (non-hydrogen) atoms. The van der Waals surface area contributed by atoms with Crippen LogP contribution in [0.2, 0.25) is 0 Å². The van der Waals surface area contributed by atoms with Gasteiger partial charge in [0, 0.05) is 19.8 Å². The minimum Gasteiger partial charge on any atom is -0.444 e. The average Bonchev–Trinajstić information content (AvgIpc) is 2.14. The van der Waals surface area contributed by atoms with E-state index in [-0.39, 0.29) is 6.09 Å². The molecule has 0 aliphatic carbocycles. The van der Waals surface area contributed by atoms with Gasteiger partial charge in [0.25, 0.3) is 0 Å². The molecule has 1 rings (SSSR count). The molecule has 0 radical (unpaired) electrons. The van der Waals surface area contributed by atoms with Crippen molar-refractivity contribution in [3.63, 3.8) is 0 Å². The Morgan fingerprint density at radius 1 is 1.53 bits per heavy atom. The first-order valence-electron chi connectivity index (χ1n) is 5.32. The molecule has 0 saturated carbocycles. The highest BCUT2D eigenvalue weighted by molar-refractivity contribution is 9.10. The van der Waals surface area contributed by atoms with Crippen LogP contribution in [0.15, 0.2) is 22.9 Å². The van der Waals surface area contributed by atoms with Crippen LogP contribution in [-0.2, 0) is 11.3 Å². The predicted octanol–water partition coefficient (Wildman–Crippen LogP) is 3.21. The Labute approximate surface area is 110 Å². The molecule has 0 spiro atoms. The molecule has 0 bridgehead atoms. The van der Waals surface area contributed by atoms with Crippen molar-refractivity contribution in [2.45, 2.75) is 32.9 Å². The van der Waals surface area contributed by atoms with Crippen LogP contribution in [0, 0.1) is 0 Å². The van der Waals surface area contributed by atoms with E-state index in [1.54, 1.807) is 13.2 Å². The van der Waals surface area contributed by atoms with Crippen molar-refractivity contribution in [2.24, 2.45) is 0 Å². The lowest BCUT2D eigenvalue weighted by Crippen LogP contribution is -2.33. The van der Waals surface area contributed by atoms with Crippen LogP contribution >= 0.6 is 15.9 Å². The highest BCUT2D eigenvalue weighted by atomic mass is 79.9. The number of amides is 1. The predicted molar refractivity (Wildman–Crippen MR) is 69.6 cm³/mol. The number of ether oxygens (including phenoxy) is 1. The first kappa shape index (κ1) is 14.0. The van der Waals surface area contributed by atoms with E-state index < -0.39 is 5.60 Å². The second-order valence-electron chi connectivity index (χ2n) is 4.82. The molecular weight excluding hydrogens is 284 g/mol. The van der Waals surface area contributed by atoms with E-state index >= 15 is 0 Å². The molecule has 1 heterocycles. The maximum Gasteiger partial charge on any atom is 0.410 e. The van der Waals surface area contributed by atoms with Crippen molar-refractivity contribution in [3.05, 3.63) is 28.5 Å². The van der Waals surface area contributed by atoms with E-state index in [2.05, 4.69) is 20.9 Å². The molecule has 0 aliphatic heterocycles. The summed E-state index contributed by atoms with van der Waals surface area (Å²) in [5.74, 6) is 0. The fourth-order valence-electron chi connectivity index (χ4n) is 1.22. The van der Waals surface area contributed by atoms with Crippen molar-refractivity contribution in [2.75, 3.05) is 7.05 Å². The molecule has 0 unspecified atom stereocenters. The zero-order valence-electron chi connectivity index (χ0n) is 10.5. The molecule has 0 saturated heterocycles. The van der Waals surface area contributed by atoms with Gasteiger partial charge >= 0.3 is 6.09 Å². The number of halogens is 1. The molecule has 0 aliphatic rings. The normalized spacial score (nSPS) is 11.1. The summed E-state index contributed by atoms with van der Waals surface area (Å²) in [6.45, 7) is 6.04. The molecular formula is C12H17BrN2O2. The highest BCUT2D eigenvalue weighted by Gasteiger charge is 2.19. The van der Waals surface area contributed by atoms with Gasteiger partial charge in [-0.1, -0.05) is 0 Å². The van der Waals surface area contributed by atoms with E-state index in [9.17, 15) is 4.79 Å². The van der Waals surface area contributed by atoms with Crippen molar-refractivity contribution in [3.8, 4) is 0 Å². The molecule has 4 nitrogen and oxygen atoms in total. The lowest BCUT2D eigenvalue weighted by molar-refractivity contribution is 0.0285. The van der Waals surface area contributed by atoms with Crippen LogP contribution in [-0.4, -0.2) is 28.6 Å². The van der Waals surface area contributed by atoms with Gasteiger partial charge in [-0.15, -0.1) is 0 Å². The summed E-state index contributed by atoms with van der Waals surface area (Å²) < 4.78 is 6.02. The summed E-state index contributed by atoms with van der Waals surface area (Å²) in [6, 6.07) is 3.74. The largest absolute Gasteiger partial charge is 0.444 e. The molecule has 94 valence electrons. The zero-order chi connectivity index (χ0) is 13.1. The number of rotatable bonds is 2. The summed E-state index contributed by atoms with van der Waals surface area (Å²) in [7, 11) is 1.71. The Hall–Kier alpha value is -1.10. The van der Waals surface area contributed by atoms with Crippen LogP contribution in [0.3, 0.4) is 0 Å². The molecule has 5 heteroatoms. The topological polar surface area (TPSA) is 42.4 Å². The monoisotopic (exact) mass is 300 g/mol. The van der Waals surface area contributed by atoms with Crippen LogP contribution in [0.1, 0.15) is 26.3 Å². The third-order valence-electron chi connectivity index (χ3n) is 1.92. The van der Waals surface area contributed by atoms with Crippen LogP contribution in [0.4, 0.5) is 4.79 Å². The second-order valence-corrected chi connectivity index (χ2v) is 5.64. The molecule has 1 amide bonds. The third-order valence-corrected chi connectivity index (χ3v) is 2.35. The number of pyridine rings is 1. The lowest BCUT2D eigenvalue weighted by Gasteiger charge is -2.24. The van der Waals surface area contributed by atoms with Gasteiger partial charge in [-0.3, -0.25) is 0 Å². The van der Waals surface area contributed by atoms with Gasteiger partial charge < -0.3 is 9.64 Å². The number of carbonyl (C=O) groups excluding carboxylic acids is 1. The number of aromatic nitrogens is 1. The fourth-order valence-corrected chi connectivity index (χ4v) is 1.63. The Morgan fingerprint density at radius 3 is 2.71 bits per heavy atom. The minimum atomic E-state index is -0.468. The number of hydrogen-bond donors (Lipinski definition) is 0. The maximum absolute atomic E-state index is 11.7. The standard InChI is InChI=1S/C12H17BrN2O2/c1-12(2,3)17-11(16)15(4)8-9-5-6-14-10(13)7-9/h5-7H,8H2,1-4H3. The summed E-state index contributed by atoms with van der Waals surface area (Å²) in [6.07, 6.45) is 1.37. The van der Waals surface area contributed by atoms with Crippen LogP contribution in [0.25, 0.3) is 0 Å². The molecule has 0 atom stereocenters. The van der Waals surface area contributed by atoms with Crippen molar-refractivity contribution >= 4 is 22.0 Å². The van der Waals surface area contributed by atoms with E-state index in [0.29, 0.717) is 6.54 Å². The Balaban J connectivity index is 2.60. The van der Waals surface area contributed by atoms with Gasteiger partial charge in [-0.25, -0.2) is 9.78 Å². The Bertz CT molecular complexity index is 402. The van der Waals surface area contributed by atoms with Crippen molar-refractivity contribution in [1.82, 2.24) is 9.88 Å². The third kappa shape index (κ3) is 5.17. The SMILES string of the molecule is CN(Cc1ccnc(Br)c1)C(=O)OC(C)(C)C. The number of nitrogens with zero attached hydrogens (tertiary/aromatic N) is 2. The molecule has 1 aromatic rings. The van der Waals surface area contributed by atoms with Gasteiger partial charge in [-0.2, -0.15) is 0 Å². The first-order chi connectivity index (χ1) is 7.78. The van der Waals surface area contributed by atoms with Gasteiger partial charge in [0.2, 0.25) is 0 Å². The van der Waals surface area contributed by atoms with E-state index in [4.69, 9.17) is 4.74 Å². The molecule has 0 N–H and O–H groups in total. The van der Waals surface area contributed by atoms with E-state index in [1.807, 2.05) is 32.9 Å². The average molecular weight is 301 g/mol. The van der Waals surface area contributed by atoms with Gasteiger partial charge in [-0.05, 0) is 54.4 Å². The molecule has 0 fully saturated rings. The number of hydrogen-bond acceptors (Lipinski definition) is 3.